The molecule has 0 spiro atoms. The van der Waals surface area contributed by atoms with Gasteiger partial charge in [-0.15, -0.1) is 0 Å². The van der Waals surface area contributed by atoms with Gasteiger partial charge in [0.1, 0.15) is 30.2 Å². The SMILES string of the molecule is Nc1ncnc2c1ncn2[C@@H]1O[C@H](CO)C(OCI)C1O. The number of aromatic nitrogens is 4. The molecule has 0 aromatic carbocycles. The number of alkyl halides is 1. The van der Waals surface area contributed by atoms with Crippen molar-refractivity contribution in [3.05, 3.63) is 12.7 Å². The molecule has 3 heterocycles. The number of aliphatic hydroxyl groups is 2. The second kappa shape index (κ2) is 5.96. The largest absolute Gasteiger partial charge is 0.394 e. The number of ether oxygens (including phenoxy) is 2. The van der Waals surface area contributed by atoms with Gasteiger partial charge in [0.05, 0.1) is 17.5 Å². The van der Waals surface area contributed by atoms with Crippen molar-refractivity contribution in [1.82, 2.24) is 19.5 Å². The van der Waals surface area contributed by atoms with Gasteiger partial charge in [0.2, 0.25) is 0 Å². The molecule has 0 aliphatic carbocycles. The van der Waals surface area contributed by atoms with Crippen LogP contribution in [0.3, 0.4) is 0 Å². The summed E-state index contributed by atoms with van der Waals surface area (Å²) in [4.78, 5) is 12.1. The molecule has 2 unspecified atom stereocenters. The zero-order valence-corrected chi connectivity index (χ0v) is 13.0. The fourth-order valence-electron chi connectivity index (χ4n) is 2.43. The fourth-order valence-corrected chi connectivity index (χ4v) is 2.85. The highest BCUT2D eigenvalue weighted by atomic mass is 127. The minimum Gasteiger partial charge on any atom is -0.394 e. The molecule has 1 aliphatic heterocycles. The van der Waals surface area contributed by atoms with E-state index in [2.05, 4.69) is 15.0 Å². The molecule has 4 atom stereocenters. The van der Waals surface area contributed by atoms with Gasteiger partial charge in [-0.3, -0.25) is 4.57 Å². The third-order valence-corrected chi connectivity index (χ3v) is 3.77. The molecule has 0 radical (unpaired) electrons. The summed E-state index contributed by atoms with van der Waals surface area (Å²) in [6, 6.07) is 0. The van der Waals surface area contributed by atoms with E-state index in [4.69, 9.17) is 15.2 Å². The fraction of sp³-hybridized carbons (Fsp3) is 0.545. The maximum atomic E-state index is 10.4. The van der Waals surface area contributed by atoms with Crippen molar-refractivity contribution < 1.29 is 19.7 Å². The molecule has 0 saturated carbocycles. The number of imidazole rings is 1. The molecule has 2 aromatic rings. The molecular formula is C11H14IN5O4. The number of aliphatic hydroxyl groups excluding tert-OH is 2. The van der Waals surface area contributed by atoms with E-state index in [1.165, 1.54) is 12.7 Å². The first-order valence-electron chi connectivity index (χ1n) is 6.22. The molecule has 10 heteroatoms. The van der Waals surface area contributed by atoms with E-state index in [-0.39, 0.29) is 12.4 Å². The number of hydrogen-bond acceptors (Lipinski definition) is 8. The molecule has 21 heavy (non-hydrogen) atoms. The first-order valence-corrected chi connectivity index (χ1v) is 7.75. The lowest BCUT2D eigenvalue weighted by Crippen LogP contribution is -2.35. The van der Waals surface area contributed by atoms with Gasteiger partial charge >= 0.3 is 0 Å². The quantitative estimate of drug-likeness (QED) is 0.455. The van der Waals surface area contributed by atoms with Gasteiger partial charge in [-0.05, 0) is 0 Å². The number of hydrogen-bond donors (Lipinski definition) is 3. The van der Waals surface area contributed by atoms with Gasteiger partial charge in [-0.1, -0.05) is 22.6 Å². The van der Waals surface area contributed by atoms with Crippen LogP contribution in [0.5, 0.6) is 0 Å². The van der Waals surface area contributed by atoms with Crippen molar-refractivity contribution in [2.75, 3.05) is 17.0 Å². The minimum absolute atomic E-state index is 0.251. The molecule has 1 aliphatic rings. The number of fused-ring (bicyclic) bond motifs is 1. The van der Waals surface area contributed by atoms with Crippen molar-refractivity contribution in [1.29, 1.82) is 0 Å². The molecule has 4 N–H and O–H groups in total. The van der Waals surface area contributed by atoms with Crippen molar-refractivity contribution in [3.8, 4) is 0 Å². The Bertz CT molecular complexity index is 638. The van der Waals surface area contributed by atoms with Crippen LogP contribution in [0, 0.1) is 0 Å². The third kappa shape index (κ3) is 2.46. The van der Waals surface area contributed by atoms with Gasteiger partial charge in [0.25, 0.3) is 0 Å². The van der Waals surface area contributed by atoms with Crippen molar-refractivity contribution >= 4 is 39.6 Å². The highest BCUT2D eigenvalue weighted by molar-refractivity contribution is 14.1. The van der Waals surface area contributed by atoms with E-state index < -0.39 is 24.5 Å². The summed E-state index contributed by atoms with van der Waals surface area (Å²) in [5.74, 6) is 0.255. The van der Waals surface area contributed by atoms with Crippen LogP contribution in [-0.2, 0) is 9.47 Å². The molecule has 2 aromatic heterocycles. The van der Waals surface area contributed by atoms with Crippen LogP contribution < -0.4 is 5.73 Å². The average Bonchev–Trinajstić information content (AvgIpc) is 3.03. The number of nitrogen functional groups attached to an aromatic ring is 1. The molecule has 3 rings (SSSR count). The van der Waals surface area contributed by atoms with Crippen molar-refractivity contribution in [2.24, 2.45) is 0 Å². The average molecular weight is 407 g/mol. The molecule has 0 amide bonds. The molecule has 1 fully saturated rings. The first-order chi connectivity index (χ1) is 10.2. The highest BCUT2D eigenvalue weighted by Crippen LogP contribution is 2.33. The van der Waals surface area contributed by atoms with Crippen LogP contribution in [0.1, 0.15) is 6.23 Å². The summed E-state index contributed by atoms with van der Waals surface area (Å²) in [6.07, 6.45) is -0.144. The molecule has 0 bridgehead atoms. The second-order valence-electron chi connectivity index (χ2n) is 4.56. The van der Waals surface area contributed by atoms with E-state index in [0.717, 1.165) is 0 Å². The summed E-state index contributed by atoms with van der Waals surface area (Å²) < 4.78 is 13.1. The first kappa shape index (κ1) is 14.8. The maximum absolute atomic E-state index is 10.4. The lowest BCUT2D eigenvalue weighted by molar-refractivity contribution is -0.0540. The van der Waals surface area contributed by atoms with E-state index >= 15 is 0 Å². The van der Waals surface area contributed by atoms with Crippen LogP contribution in [0.4, 0.5) is 5.82 Å². The Hall–Kier alpha value is -1.08. The van der Waals surface area contributed by atoms with Crippen LogP contribution in [0.2, 0.25) is 0 Å². The Kier molecular flexibility index (Phi) is 4.21. The molecule has 9 nitrogen and oxygen atoms in total. The van der Waals surface area contributed by atoms with E-state index in [9.17, 15) is 10.2 Å². The summed E-state index contributed by atoms with van der Waals surface area (Å²) in [6.45, 7) is -0.251. The summed E-state index contributed by atoms with van der Waals surface area (Å²) >= 11 is 2.03. The van der Waals surface area contributed by atoms with E-state index in [1.807, 2.05) is 22.6 Å². The van der Waals surface area contributed by atoms with Crippen molar-refractivity contribution in [2.45, 2.75) is 24.5 Å². The Labute approximate surface area is 133 Å². The normalized spacial score (nSPS) is 29.3. The predicted molar refractivity (Wildman–Crippen MR) is 80.5 cm³/mol. The van der Waals surface area contributed by atoms with Gasteiger partial charge in [-0.25, -0.2) is 15.0 Å². The molecule has 114 valence electrons. The molecular weight excluding hydrogens is 393 g/mol. The second-order valence-corrected chi connectivity index (χ2v) is 5.18. The number of nitrogens with two attached hydrogens (primary N) is 1. The Morgan fingerprint density at radius 3 is 2.95 bits per heavy atom. The maximum Gasteiger partial charge on any atom is 0.167 e. The van der Waals surface area contributed by atoms with Crippen molar-refractivity contribution in [3.63, 3.8) is 0 Å². The van der Waals surface area contributed by atoms with Crippen LogP contribution in [-0.4, -0.2) is 59.3 Å². The number of anilines is 1. The summed E-state index contributed by atoms with van der Waals surface area (Å²) in [5.41, 5.74) is 6.63. The monoisotopic (exact) mass is 407 g/mol. The standard InChI is InChI=1S/C11H14IN5O4/c12-2-20-8-5(1-18)21-11(7(8)19)17-4-16-6-9(13)14-3-15-10(6)17/h3-5,7-8,11,18-19H,1-2H2,(H2,13,14,15)/t5-,7?,8?,11-/m1/s1. The zero-order chi connectivity index (χ0) is 15.0. The minimum atomic E-state index is -0.953. The van der Waals surface area contributed by atoms with E-state index in [1.54, 1.807) is 4.57 Å². The van der Waals surface area contributed by atoms with E-state index in [0.29, 0.717) is 15.8 Å². The topological polar surface area (TPSA) is 129 Å². The van der Waals surface area contributed by atoms with Gasteiger partial charge in [-0.2, -0.15) is 0 Å². The summed E-state index contributed by atoms with van der Waals surface area (Å²) in [5, 5.41) is 19.8. The third-order valence-electron chi connectivity index (χ3n) is 3.41. The van der Waals surface area contributed by atoms with Gasteiger partial charge in [0, 0.05) is 0 Å². The number of nitrogens with zero attached hydrogens (tertiary/aromatic N) is 4. The molecule has 1 saturated heterocycles. The smallest absolute Gasteiger partial charge is 0.167 e. The van der Waals surface area contributed by atoms with Gasteiger partial charge in [0.15, 0.2) is 17.7 Å². The lowest BCUT2D eigenvalue weighted by atomic mass is 10.1. The lowest BCUT2D eigenvalue weighted by Gasteiger charge is -2.18. The summed E-state index contributed by atoms with van der Waals surface area (Å²) in [7, 11) is 0. The number of halogens is 1. The Morgan fingerprint density at radius 1 is 1.43 bits per heavy atom. The van der Waals surface area contributed by atoms with Gasteiger partial charge < -0.3 is 25.4 Å². The zero-order valence-electron chi connectivity index (χ0n) is 10.8. The number of rotatable bonds is 4. The Morgan fingerprint density at radius 2 is 2.24 bits per heavy atom. The van der Waals surface area contributed by atoms with Crippen LogP contribution in [0.15, 0.2) is 12.7 Å². The predicted octanol–water partition coefficient (Wildman–Crippen LogP) is -0.563. The van der Waals surface area contributed by atoms with Crippen LogP contribution in [0.25, 0.3) is 11.2 Å². The van der Waals surface area contributed by atoms with Crippen LogP contribution >= 0.6 is 22.6 Å². The Balaban J connectivity index is 1.97. The highest BCUT2D eigenvalue weighted by Gasteiger charge is 2.45.